The maximum Gasteiger partial charge on any atom is 0.0998 e. The molecule has 0 spiro atoms. The van der Waals surface area contributed by atoms with E-state index in [4.69, 9.17) is 11.5 Å². The Labute approximate surface area is 106 Å². The van der Waals surface area contributed by atoms with Crippen molar-refractivity contribution in [2.45, 2.75) is 0 Å². The minimum absolute atomic E-state index is 0.597. The van der Waals surface area contributed by atoms with Crippen molar-refractivity contribution in [3.63, 3.8) is 0 Å². The largest absolute Gasteiger partial charge is 0.399 e. The van der Waals surface area contributed by atoms with Crippen LogP contribution in [0.3, 0.4) is 0 Å². The Morgan fingerprint density at radius 3 is 1.89 bits per heavy atom. The lowest BCUT2D eigenvalue weighted by molar-refractivity contribution is 1.52. The van der Waals surface area contributed by atoms with E-state index in [1.54, 1.807) is 12.1 Å². The third-order valence-corrected chi connectivity index (χ3v) is 2.59. The molecule has 0 aliphatic heterocycles. The van der Waals surface area contributed by atoms with Gasteiger partial charge in [-0.3, -0.25) is 0 Å². The summed E-state index contributed by atoms with van der Waals surface area (Å²) < 4.78 is 0. The van der Waals surface area contributed by atoms with Gasteiger partial charge in [-0.1, -0.05) is 24.3 Å². The zero-order valence-electron chi connectivity index (χ0n) is 9.80. The summed E-state index contributed by atoms with van der Waals surface area (Å²) in [6, 6.07) is 16.8. The Bertz CT molecular complexity index is 602. The van der Waals surface area contributed by atoms with Crippen LogP contribution in [-0.2, 0) is 0 Å². The van der Waals surface area contributed by atoms with Crippen LogP contribution in [0.1, 0.15) is 11.1 Å². The predicted molar refractivity (Wildman–Crippen MR) is 75.2 cm³/mol. The second-order valence-electron chi connectivity index (χ2n) is 3.96. The fourth-order valence-corrected chi connectivity index (χ4v) is 1.60. The zero-order chi connectivity index (χ0) is 13.0. The van der Waals surface area contributed by atoms with Crippen molar-refractivity contribution >= 4 is 23.0 Å². The van der Waals surface area contributed by atoms with Gasteiger partial charge in [-0.2, -0.15) is 5.26 Å². The predicted octanol–water partition coefficient (Wildman–Crippen LogP) is 2.92. The van der Waals surface area contributed by atoms with Crippen LogP contribution < -0.4 is 11.5 Å². The minimum atomic E-state index is 0.597. The number of benzene rings is 2. The molecule has 0 bridgehead atoms. The molecule has 2 aromatic carbocycles. The number of nitriles is 1. The Hall–Kier alpha value is -2.73. The number of nitrogens with zero attached hydrogens (tertiary/aromatic N) is 1. The molecule has 0 atom stereocenters. The van der Waals surface area contributed by atoms with Gasteiger partial charge in [-0.15, -0.1) is 0 Å². The summed E-state index contributed by atoms with van der Waals surface area (Å²) in [5.41, 5.74) is 15.0. The Balaban J connectivity index is 2.37. The van der Waals surface area contributed by atoms with Crippen LogP contribution in [0.4, 0.5) is 11.4 Å². The highest BCUT2D eigenvalue weighted by molar-refractivity contribution is 5.89. The molecule has 0 radical (unpaired) electrons. The lowest BCUT2D eigenvalue weighted by atomic mass is 10.0. The SMILES string of the molecule is N#C/C(=C\c1ccc(N)cc1)c1ccc(N)cc1. The smallest absolute Gasteiger partial charge is 0.0998 e. The average molecular weight is 235 g/mol. The van der Waals surface area contributed by atoms with Crippen molar-refractivity contribution in [3.05, 3.63) is 59.7 Å². The Morgan fingerprint density at radius 1 is 0.889 bits per heavy atom. The summed E-state index contributed by atoms with van der Waals surface area (Å²) >= 11 is 0. The van der Waals surface area contributed by atoms with Crippen molar-refractivity contribution in [2.24, 2.45) is 0 Å². The minimum Gasteiger partial charge on any atom is -0.399 e. The second-order valence-corrected chi connectivity index (χ2v) is 3.96. The maximum atomic E-state index is 9.19. The van der Waals surface area contributed by atoms with E-state index in [9.17, 15) is 5.26 Å². The summed E-state index contributed by atoms with van der Waals surface area (Å²) in [4.78, 5) is 0. The first-order chi connectivity index (χ1) is 8.69. The van der Waals surface area contributed by atoms with Gasteiger partial charge in [0, 0.05) is 11.4 Å². The molecule has 0 fully saturated rings. The van der Waals surface area contributed by atoms with Crippen LogP contribution in [0.2, 0.25) is 0 Å². The Morgan fingerprint density at radius 2 is 1.39 bits per heavy atom. The normalized spacial score (nSPS) is 10.9. The molecule has 18 heavy (non-hydrogen) atoms. The van der Waals surface area contributed by atoms with E-state index in [0.717, 1.165) is 11.1 Å². The molecular weight excluding hydrogens is 222 g/mol. The lowest BCUT2D eigenvalue weighted by Crippen LogP contribution is -1.87. The van der Waals surface area contributed by atoms with Gasteiger partial charge in [0.05, 0.1) is 11.6 Å². The number of hydrogen-bond acceptors (Lipinski definition) is 3. The van der Waals surface area contributed by atoms with Crippen LogP contribution >= 0.6 is 0 Å². The van der Waals surface area contributed by atoms with Gasteiger partial charge in [-0.25, -0.2) is 0 Å². The number of anilines is 2. The maximum absolute atomic E-state index is 9.19. The van der Waals surface area contributed by atoms with Gasteiger partial charge in [0.15, 0.2) is 0 Å². The third kappa shape index (κ3) is 2.69. The van der Waals surface area contributed by atoms with E-state index in [-0.39, 0.29) is 0 Å². The van der Waals surface area contributed by atoms with Crippen molar-refractivity contribution < 1.29 is 0 Å². The van der Waals surface area contributed by atoms with Crippen molar-refractivity contribution in [3.8, 4) is 6.07 Å². The topological polar surface area (TPSA) is 75.8 Å². The van der Waals surface area contributed by atoms with Crippen LogP contribution in [0.15, 0.2) is 48.5 Å². The number of rotatable bonds is 2. The van der Waals surface area contributed by atoms with E-state index in [1.807, 2.05) is 42.5 Å². The molecule has 88 valence electrons. The zero-order valence-corrected chi connectivity index (χ0v) is 9.80. The molecule has 0 aliphatic carbocycles. The van der Waals surface area contributed by atoms with Gasteiger partial charge < -0.3 is 11.5 Å². The molecule has 0 amide bonds. The third-order valence-electron chi connectivity index (χ3n) is 2.59. The number of nitrogens with two attached hydrogens (primary N) is 2. The van der Waals surface area contributed by atoms with E-state index in [2.05, 4.69) is 6.07 Å². The molecule has 0 saturated carbocycles. The van der Waals surface area contributed by atoms with Crippen LogP contribution in [-0.4, -0.2) is 0 Å². The monoisotopic (exact) mass is 235 g/mol. The molecule has 0 aromatic heterocycles. The van der Waals surface area contributed by atoms with Gasteiger partial charge in [0.2, 0.25) is 0 Å². The molecular formula is C15H13N3. The Kier molecular flexibility index (Phi) is 3.31. The quantitative estimate of drug-likeness (QED) is 0.477. The molecule has 0 heterocycles. The van der Waals surface area contributed by atoms with Gasteiger partial charge in [0.25, 0.3) is 0 Å². The average Bonchev–Trinajstić information content (AvgIpc) is 2.39. The van der Waals surface area contributed by atoms with Crippen molar-refractivity contribution in [2.75, 3.05) is 11.5 Å². The molecule has 0 aliphatic rings. The van der Waals surface area contributed by atoms with Crippen LogP contribution in [0.5, 0.6) is 0 Å². The highest BCUT2D eigenvalue weighted by Crippen LogP contribution is 2.19. The van der Waals surface area contributed by atoms with Crippen LogP contribution in [0.25, 0.3) is 11.6 Å². The van der Waals surface area contributed by atoms with E-state index in [0.29, 0.717) is 16.9 Å². The molecule has 2 aromatic rings. The molecule has 0 saturated heterocycles. The molecule has 3 nitrogen and oxygen atoms in total. The first-order valence-corrected chi connectivity index (χ1v) is 5.52. The number of hydrogen-bond donors (Lipinski definition) is 2. The molecule has 3 heteroatoms. The second kappa shape index (κ2) is 5.07. The fourth-order valence-electron chi connectivity index (χ4n) is 1.60. The van der Waals surface area contributed by atoms with Gasteiger partial charge >= 0.3 is 0 Å². The van der Waals surface area contributed by atoms with Crippen molar-refractivity contribution in [1.82, 2.24) is 0 Å². The summed E-state index contributed by atoms with van der Waals surface area (Å²) in [6.45, 7) is 0. The van der Waals surface area contributed by atoms with Gasteiger partial charge in [0.1, 0.15) is 0 Å². The number of allylic oxidation sites excluding steroid dienone is 1. The number of nitrogen functional groups attached to an aromatic ring is 2. The first-order valence-electron chi connectivity index (χ1n) is 5.52. The first kappa shape index (κ1) is 11.7. The molecule has 4 N–H and O–H groups in total. The van der Waals surface area contributed by atoms with E-state index >= 15 is 0 Å². The summed E-state index contributed by atoms with van der Waals surface area (Å²) in [6.07, 6.45) is 1.82. The fraction of sp³-hybridized carbons (Fsp3) is 0. The molecule has 0 unspecified atom stereocenters. The summed E-state index contributed by atoms with van der Waals surface area (Å²) in [5.74, 6) is 0. The highest BCUT2D eigenvalue weighted by Gasteiger charge is 2.00. The summed E-state index contributed by atoms with van der Waals surface area (Å²) in [7, 11) is 0. The lowest BCUT2D eigenvalue weighted by Gasteiger charge is -2.01. The standard InChI is InChI=1S/C15H13N3/c16-10-13(12-3-7-15(18)8-4-12)9-11-1-5-14(17)6-2-11/h1-9H,17-18H2/b13-9+. The van der Waals surface area contributed by atoms with Crippen LogP contribution in [0, 0.1) is 11.3 Å². The highest BCUT2D eigenvalue weighted by atomic mass is 14.5. The van der Waals surface area contributed by atoms with E-state index < -0.39 is 0 Å². The van der Waals surface area contributed by atoms with Crippen molar-refractivity contribution in [1.29, 1.82) is 5.26 Å². The molecule has 2 rings (SSSR count). The van der Waals surface area contributed by atoms with Gasteiger partial charge in [-0.05, 0) is 41.5 Å². The van der Waals surface area contributed by atoms with E-state index in [1.165, 1.54) is 0 Å². The summed E-state index contributed by atoms with van der Waals surface area (Å²) in [5, 5.41) is 9.19.